The van der Waals surface area contributed by atoms with E-state index < -0.39 is 29.0 Å². The highest BCUT2D eigenvalue weighted by molar-refractivity contribution is 6.11. The van der Waals surface area contributed by atoms with Crippen LogP contribution < -0.4 is 15.8 Å². The number of oxazole rings is 1. The lowest BCUT2D eigenvalue weighted by Crippen LogP contribution is -2.35. The number of primary amides is 1. The number of fused-ring (bicyclic) bond motifs is 2. The molecular formula is C34H26F2N4O5. The molecule has 226 valence electrons. The Labute approximate surface area is 255 Å². The fourth-order valence-electron chi connectivity index (χ4n) is 5.63. The summed E-state index contributed by atoms with van der Waals surface area (Å²) in [5, 5.41) is 3.00. The van der Waals surface area contributed by atoms with Crippen molar-refractivity contribution in [1.29, 1.82) is 0 Å². The molecule has 0 unspecified atom stereocenters. The van der Waals surface area contributed by atoms with Crippen LogP contribution in [0.5, 0.6) is 5.75 Å². The van der Waals surface area contributed by atoms with E-state index in [1.54, 1.807) is 42.7 Å². The van der Waals surface area contributed by atoms with Gasteiger partial charge >= 0.3 is 0 Å². The number of nitrogens with two attached hydrogens (primary N) is 1. The van der Waals surface area contributed by atoms with Crippen molar-refractivity contribution in [3.05, 3.63) is 112 Å². The first-order valence-corrected chi connectivity index (χ1v) is 14.2. The molecule has 6 aromatic rings. The molecule has 1 aliphatic carbocycles. The van der Waals surface area contributed by atoms with Crippen LogP contribution in [0.25, 0.3) is 33.4 Å². The van der Waals surface area contributed by atoms with Crippen LogP contribution in [-0.4, -0.2) is 28.9 Å². The fourth-order valence-corrected chi connectivity index (χ4v) is 5.63. The quantitative estimate of drug-likeness (QED) is 0.206. The number of rotatable bonds is 8. The molecule has 45 heavy (non-hydrogen) atoms. The molecule has 1 saturated carbocycles. The highest BCUT2D eigenvalue weighted by Gasteiger charge is 2.50. The van der Waals surface area contributed by atoms with E-state index in [1.165, 1.54) is 31.4 Å². The van der Waals surface area contributed by atoms with Gasteiger partial charge in [0.25, 0.3) is 11.8 Å². The van der Waals surface area contributed by atoms with Crippen LogP contribution >= 0.6 is 0 Å². The number of nitrogens with one attached hydrogen (secondary N) is 1. The van der Waals surface area contributed by atoms with E-state index in [0.29, 0.717) is 46.7 Å². The highest BCUT2D eigenvalue weighted by Crippen LogP contribution is 2.46. The maximum absolute atomic E-state index is 16.2. The number of hydrogen-bond donors (Lipinski definition) is 2. The lowest BCUT2D eigenvalue weighted by atomic mass is 9.95. The van der Waals surface area contributed by atoms with E-state index in [9.17, 15) is 14.0 Å². The normalized spacial score (nSPS) is 13.7. The second-order valence-electron chi connectivity index (χ2n) is 11.1. The van der Waals surface area contributed by atoms with Crippen molar-refractivity contribution < 1.29 is 31.9 Å². The third kappa shape index (κ3) is 4.86. The van der Waals surface area contributed by atoms with Crippen LogP contribution in [0.3, 0.4) is 0 Å². The van der Waals surface area contributed by atoms with Gasteiger partial charge in [0.2, 0.25) is 5.89 Å². The Morgan fingerprint density at radius 3 is 2.49 bits per heavy atom. The van der Waals surface area contributed by atoms with Crippen LogP contribution in [0.4, 0.5) is 8.78 Å². The number of benzene rings is 3. The minimum Gasteiger partial charge on any atom is -0.496 e. The Balaban J connectivity index is 1.23. The standard InChI is InChI=1S/C34H26F2N4O5/c1-17-13-26(43-2)22(32(42)40-34(10-11-34)33-39-23-16-38-12-9-24(23)45-33)15-20(17)14-19-5-8-25-27(29(19)36)28(31(37)41)30(44-25)18-3-6-21(35)7-4-18/h3-9,12-13,15-16H,10-11,14H2,1-2H3,(H2,37,41)(H,40,42). The van der Waals surface area contributed by atoms with Gasteiger partial charge in [0, 0.05) is 24.2 Å². The van der Waals surface area contributed by atoms with Crippen molar-refractivity contribution in [3.63, 3.8) is 0 Å². The summed E-state index contributed by atoms with van der Waals surface area (Å²) >= 11 is 0. The first kappa shape index (κ1) is 28.2. The number of methoxy groups -OCH3 is 1. The zero-order valence-corrected chi connectivity index (χ0v) is 24.2. The molecule has 0 saturated heterocycles. The molecular weight excluding hydrogens is 582 g/mol. The Kier molecular flexibility index (Phi) is 6.61. The molecule has 1 aliphatic rings. The lowest BCUT2D eigenvalue weighted by Gasteiger charge is -2.17. The summed E-state index contributed by atoms with van der Waals surface area (Å²) in [6, 6.07) is 13.5. The third-order valence-corrected chi connectivity index (χ3v) is 8.21. The molecule has 7 rings (SSSR count). The summed E-state index contributed by atoms with van der Waals surface area (Å²) in [6.45, 7) is 1.84. The van der Waals surface area contributed by atoms with Crippen molar-refractivity contribution in [2.45, 2.75) is 31.7 Å². The Hall–Kier alpha value is -5.58. The van der Waals surface area contributed by atoms with Crippen LogP contribution in [0.2, 0.25) is 0 Å². The number of carbonyl (C=O) groups is 2. The van der Waals surface area contributed by atoms with E-state index in [2.05, 4.69) is 15.3 Å². The Bertz CT molecular complexity index is 2120. The molecule has 0 radical (unpaired) electrons. The van der Waals surface area contributed by atoms with E-state index in [-0.39, 0.29) is 39.8 Å². The van der Waals surface area contributed by atoms with Crippen LogP contribution in [-0.2, 0) is 12.0 Å². The molecule has 11 heteroatoms. The predicted molar refractivity (Wildman–Crippen MR) is 161 cm³/mol. The maximum atomic E-state index is 16.2. The monoisotopic (exact) mass is 608 g/mol. The van der Waals surface area contributed by atoms with Gasteiger partial charge in [-0.3, -0.25) is 14.6 Å². The fraction of sp³-hybridized carbons (Fsp3) is 0.176. The molecule has 2 amide bonds. The van der Waals surface area contributed by atoms with Crippen LogP contribution in [0, 0.1) is 18.6 Å². The zero-order chi connectivity index (χ0) is 31.5. The summed E-state index contributed by atoms with van der Waals surface area (Å²) < 4.78 is 47.0. The number of amides is 2. The molecule has 3 heterocycles. The summed E-state index contributed by atoms with van der Waals surface area (Å²) in [4.78, 5) is 34.8. The number of pyridine rings is 1. The summed E-state index contributed by atoms with van der Waals surface area (Å²) in [7, 11) is 1.47. The molecule has 3 aromatic heterocycles. The van der Waals surface area contributed by atoms with Gasteiger partial charge in [-0.05, 0) is 78.9 Å². The summed E-state index contributed by atoms with van der Waals surface area (Å²) in [5.74, 6) is -1.60. The Morgan fingerprint density at radius 1 is 1.02 bits per heavy atom. The largest absolute Gasteiger partial charge is 0.496 e. The molecule has 0 bridgehead atoms. The average Bonchev–Trinajstić information content (AvgIpc) is 3.49. The minimum absolute atomic E-state index is 0.0531. The number of aromatic nitrogens is 2. The van der Waals surface area contributed by atoms with E-state index in [1.807, 2.05) is 6.92 Å². The van der Waals surface area contributed by atoms with Gasteiger partial charge in [-0.1, -0.05) is 6.07 Å². The van der Waals surface area contributed by atoms with E-state index >= 15 is 4.39 Å². The first-order valence-electron chi connectivity index (χ1n) is 14.2. The van der Waals surface area contributed by atoms with Crippen molar-refractivity contribution in [1.82, 2.24) is 15.3 Å². The molecule has 3 N–H and O–H groups in total. The van der Waals surface area contributed by atoms with Crippen molar-refractivity contribution >= 4 is 33.9 Å². The topological polar surface area (TPSA) is 133 Å². The van der Waals surface area contributed by atoms with Crippen molar-refractivity contribution in [2.75, 3.05) is 7.11 Å². The SMILES string of the molecule is COc1cc(C)c(Cc2ccc3oc(-c4ccc(F)cc4)c(C(N)=O)c3c2F)cc1C(=O)NC1(c2nc3cnccc3o2)CC1. The van der Waals surface area contributed by atoms with Gasteiger partial charge in [-0.25, -0.2) is 13.8 Å². The van der Waals surface area contributed by atoms with Crippen LogP contribution in [0.1, 0.15) is 56.1 Å². The summed E-state index contributed by atoms with van der Waals surface area (Å²) in [6.07, 6.45) is 4.61. The number of ether oxygens (including phenoxy) is 1. The second kappa shape index (κ2) is 10.5. The number of carbonyl (C=O) groups excluding carboxylic acids is 2. The molecule has 0 atom stereocenters. The number of halogens is 2. The number of hydrogen-bond acceptors (Lipinski definition) is 7. The maximum Gasteiger partial charge on any atom is 0.255 e. The highest BCUT2D eigenvalue weighted by atomic mass is 19.1. The number of nitrogens with zero attached hydrogens (tertiary/aromatic N) is 2. The van der Waals surface area contributed by atoms with E-state index in [4.69, 9.17) is 19.3 Å². The van der Waals surface area contributed by atoms with E-state index in [0.717, 1.165) is 5.56 Å². The minimum atomic E-state index is -0.882. The second-order valence-corrected chi connectivity index (χ2v) is 11.1. The van der Waals surface area contributed by atoms with Crippen LogP contribution in [0.15, 0.2) is 75.8 Å². The smallest absolute Gasteiger partial charge is 0.255 e. The van der Waals surface area contributed by atoms with Gasteiger partial charge in [-0.2, -0.15) is 0 Å². The number of aryl methyl sites for hydroxylation is 1. The molecule has 3 aromatic carbocycles. The van der Waals surface area contributed by atoms with Gasteiger partial charge in [0.15, 0.2) is 5.58 Å². The molecule has 0 aliphatic heterocycles. The van der Waals surface area contributed by atoms with Crippen molar-refractivity contribution in [3.8, 4) is 17.1 Å². The zero-order valence-electron chi connectivity index (χ0n) is 24.2. The molecule has 1 fully saturated rings. The first-order chi connectivity index (χ1) is 21.7. The van der Waals surface area contributed by atoms with Gasteiger partial charge < -0.3 is 24.6 Å². The van der Waals surface area contributed by atoms with Gasteiger partial charge in [-0.15, -0.1) is 0 Å². The summed E-state index contributed by atoms with van der Waals surface area (Å²) in [5.41, 5.74) is 8.45. The number of furan rings is 1. The Morgan fingerprint density at radius 2 is 1.80 bits per heavy atom. The van der Waals surface area contributed by atoms with Crippen molar-refractivity contribution in [2.24, 2.45) is 5.73 Å². The molecule has 9 nitrogen and oxygen atoms in total. The average molecular weight is 609 g/mol. The third-order valence-electron chi connectivity index (χ3n) is 8.21. The lowest BCUT2D eigenvalue weighted by molar-refractivity contribution is 0.0919. The van der Waals surface area contributed by atoms with Gasteiger partial charge in [0.05, 0.1) is 29.8 Å². The van der Waals surface area contributed by atoms with Gasteiger partial charge in [0.1, 0.15) is 39.8 Å². The predicted octanol–water partition coefficient (Wildman–Crippen LogP) is 6.34. The molecule has 0 spiro atoms.